The number of aliphatic carboxylic acids is 1. The Morgan fingerprint density at radius 3 is 2.62 bits per heavy atom. The van der Waals surface area contributed by atoms with Crippen LogP contribution in [0.25, 0.3) is 10.8 Å². The number of aliphatic hydroxyl groups excluding tert-OH is 1. The monoisotopic (exact) mass is 216 g/mol. The molecule has 16 heavy (non-hydrogen) atoms. The molecule has 0 bridgehead atoms. The molecule has 0 spiro atoms. The minimum Gasteiger partial charge on any atom is -0.481 e. The first-order valence-electron chi connectivity index (χ1n) is 5.04. The van der Waals surface area contributed by atoms with Gasteiger partial charge in [0.2, 0.25) is 0 Å². The standard InChI is InChI=1S/C13H12O3/c14-8-9-5-10-3-1-2-4-12(10)11(6-9)7-13(15)16/h1-6,14H,7-8H2,(H,15,16). The van der Waals surface area contributed by atoms with Gasteiger partial charge in [-0.3, -0.25) is 4.79 Å². The van der Waals surface area contributed by atoms with Gasteiger partial charge < -0.3 is 10.2 Å². The molecule has 0 amide bonds. The van der Waals surface area contributed by atoms with Gasteiger partial charge in [-0.1, -0.05) is 30.3 Å². The summed E-state index contributed by atoms with van der Waals surface area (Å²) in [6.45, 7) is -0.0720. The van der Waals surface area contributed by atoms with Crippen molar-refractivity contribution in [1.29, 1.82) is 0 Å². The lowest BCUT2D eigenvalue weighted by Crippen LogP contribution is -2.01. The minimum absolute atomic E-state index is 0.0195. The predicted molar refractivity (Wildman–Crippen MR) is 61.2 cm³/mol. The fourth-order valence-electron chi connectivity index (χ4n) is 1.86. The molecular formula is C13H12O3. The maximum absolute atomic E-state index is 10.7. The Hall–Kier alpha value is -1.87. The Labute approximate surface area is 93.0 Å². The van der Waals surface area contributed by atoms with Crippen molar-refractivity contribution in [1.82, 2.24) is 0 Å². The molecule has 3 heteroatoms. The number of benzene rings is 2. The Bertz CT molecular complexity index is 532. The molecule has 0 heterocycles. The van der Waals surface area contributed by atoms with Crippen molar-refractivity contribution in [2.45, 2.75) is 13.0 Å². The molecule has 0 aliphatic carbocycles. The third-order valence-corrected chi connectivity index (χ3v) is 2.53. The molecule has 0 saturated heterocycles. The molecular weight excluding hydrogens is 204 g/mol. The number of hydrogen-bond acceptors (Lipinski definition) is 2. The zero-order valence-electron chi connectivity index (χ0n) is 8.68. The van der Waals surface area contributed by atoms with Gasteiger partial charge in [-0.05, 0) is 28.0 Å². The van der Waals surface area contributed by atoms with E-state index in [4.69, 9.17) is 10.2 Å². The smallest absolute Gasteiger partial charge is 0.307 e. The lowest BCUT2D eigenvalue weighted by molar-refractivity contribution is -0.136. The van der Waals surface area contributed by atoms with Crippen molar-refractivity contribution in [3.63, 3.8) is 0 Å². The maximum atomic E-state index is 10.7. The summed E-state index contributed by atoms with van der Waals surface area (Å²) in [6, 6.07) is 11.2. The average Bonchev–Trinajstić information content (AvgIpc) is 2.28. The van der Waals surface area contributed by atoms with Gasteiger partial charge in [-0.15, -0.1) is 0 Å². The molecule has 0 aliphatic heterocycles. The largest absolute Gasteiger partial charge is 0.481 e. The van der Waals surface area contributed by atoms with Gasteiger partial charge in [0.15, 0.2) is 0 Å². The van der Waals surface area contributed by atoms with Crippen LogP contribution in [-0.4, -0.2) is 16.2 Å². The van der Waals surface area contributed by atoms with Crippen LogP contribution in [0, 0.1) is 0 Å². The van der Waals surface area contributed by atoms with Crippen molar-refractivity contribution in [2.75, 3.05) is 0 Å². The first-order chi connectivity index (χ1) is 7.70. The first kappa shape index (κ1) is 10.6. The van der Waals surface area contributed by atoms with Gasteiger partial charge in [0.05, 0.1) is 13.0 Å². The van der Waals surface area contributed by atoms with Crippen LogP contribution in [0.4, 0.5) is 0 Å². The van der Waals surface area contributed by atoms with Crippen molar-refractivity contribution < 1.29 is 15.0 Å². The van der Waals surface area contributed by atoms with Crippen molar-refractivity contribution in [2.24, 2.45) is 0 Å². The van der Waals surface area contributed by atoms with E-state index in [0.29, 0.717) is 0 Å². The van der Waals surface area contributed by atoms with Crippen LogP contribution in [0.1, 0.15) is 11.1 Å². The lowest BCUT2D eigenvalue weighted by atomic mass is 9.99. The summed E-state index contributed by atoms with van der Waals surface area (Å²) >= 11 is 0. The number of fused-ring (bicyclic) bond motifs is 1. The van der Waals surface area contributed by atoms with Gasteiger partial charge in [0.1, 0.15) is 0 Å². The fourth-order valence-corrected chi connectivity index (χ4v) is 1.86. The number of carboxylic acid groups (broad SMARTS) is 1. The van der Waals surface area contributed by atoms with Crippen LogP contribution in [0.15, 0.2) is 36.4 Å². The van der Waals surface area contributed by atoms with Crippen LogP contribution < -0.4 is 0 Å². The maximum Gasteiger partial charge on any atom is 0.307 e. The number of carboxylic acids is 1. The molecule has 0 radical (unpaired) electrons. The van der Waals surface area contributed by atoms with Crippen LogP contribution in [0.5, 0.6) is 0 Å². The van der Waals surface area contributed by atoms with Gasteiger partial charge in [0, 0.05) is 0 Å². The number of aliphatic hydroxyl groups is 1. The first-order valence-corrected chi connectivity index (χ1v) is 5.04. The van der Waals surface area contributed by atoms with E-state index in [-0.39, 0.29) is 13.0 Å². The molecule has 0 unspecified atom stereocenters. The van der Waals surface area contributed by atoms with Crippen LogP contribution in [0.2, 0.25) is 0 Å². The predicted octanol–water partition coefficient (Wildman–Crippen LogP) is 1.96. The van der Waals surface area contributed by atoms with E-state index in [9.17, 15) is 4.79 Å². The van der Waals surface area contributed by atoms with Crippen LogP contribution in [-0.2, 0) is 17.8 Å². The molecule has 2 rings (SSSR count). The van der Waals surface area contributed by atoms with Gasteiger partial charge in [-0.2, -0.15) is 0 Å². The molecule has 0 fully saturated rings. The molecule has 0 aliphatic rings. The second kappa shape index (κ2) is 4.33. The zero-order valence-corrected chi connectivity index (χ0v) is 8.68. The summed E-state index contributed by atoms with van der Waals surface area (Å²) in [6.07, 6.45) is -0.0195. The zero-order chi connectivity index (χ0) is 11.5. The minimum atomic E-state index is -0.861. The Morgan fingerprint density at radius 2 is 1.94 bits per heavy atom. The summed E-state index contributed by atoms with van der Waals surface area (Å²) in [5.74, 6) is -0.861. The van der Waals surface area contributed by atoms with Crippen LogP contribution in [0.3, 0.4) is 0 Å². The Balaban J connectivity index is 2.63. The Morgan fingerprint density at radius 1 is 1.19 bits per heavy atom. The third kappa shape index (κ3) is 2.04. The topological polar surface area (TPSA) is 57.5 Å². The van der Waals surface area contributed by atoms with Gasteiger partial charge in [-0.25, -0.2) is 0 Å². The summed E-state index contributed by atoms with van der Waals surface area (Å²) in [5, 5.41) is 19.8. The molecule has 0 aromatic heterocycles. The van der Waals surface area contributed by atoms with Crippen molar-refractivity contribution in [3.8, 4) is 0 Å². The lowest BCUT2D eigenvalue weighted by Gasteiger charge is -2.07. The highest BCUT2D eigenvalue weighted by molar-refractivity contribution is 5.89. The molecule has 0 saturated carbocycles. The number of carbonyl (C=O) groups is 1. The molecule has 82 valence electrons. The van der Waals surface area contributed by atoms with E-state index in [1.165, 1.54) is 0 Å². The summed E-state index contributed by atoms with van der Waals surface area (Å²) in [7, 11) is 0. The van der Waals surface area contributed by atoms with E-state index < -0.39 is 5.97 Å². The second-order valence-corrected chi connectivity index (χ2v) is 3.70. The summed E-state index contributed by atoms with van der Waals surface area (Å²) < 4.78 is 0. The van der Waals surface area contributed by atoms with Crippen molar-refractivity contribution in [3.05, 3.63) is 47.5 Å². The molecule has 2 aromatic carbocycles. The molecule has 3 nitrogen and oxygen atoms in total. The normalized spacial score (nSPS) is 10.6. The third-order valence-electron chi connectivity index (χ3n) is 2.53. The summed E-state index contributed by atoms with van der Waals surface area (Å²) in [5.41, 5.74) is 1.49. The van der Waals surface area contributed by atoms with E-state index in [1.54, 1.807) is 6.07 Å². The fraction of sp³-hybridized carbons (Fsp3) is 0.154. The quantitative estimate of drug-likeness (QED) is 0.824. The number of hydrogen-bond donors (Lipinski definition) is 2. The van der Waals surface area contributed by atoms with Gasteiger partial charge >= 0.3 is 5.97 Å². The Kier molecular flexibility index (Phi) is 2.88. The van der Waals surface area contributed by atoms with E-state index in [0.717, 1.165) is 21.9 Å². The molecule has 0 atom stereocenters. The number of rotatable bonds is 3. The second-order valence-electron chi connectivity index (χ2n) is 3.70. The van der Waals surface area contributed by atoms with E-state index in [2.05, 4.69) is 0 Å². The van der Waals surface area contributed by atoms with E-state index >= 15 is 0 Å². The van der Waals surface area contributed by atoms with Crippen LogP contribution >= 0.6 is 0 Å². The van der Waals surface area contributed by atoms with E-state index in [1.807, 2.05) is 30.3 Å². The van der Waals surface area contributed by atoms with Gasteiger partial charge in [0.25, 0.3) is 0 Å². The molecule has 2 N–H and O–H groups in total. The van der Waals surface area contributed by atoms with Crippen molar-refractivity contribution >= 4 is 16.7 Å². The highest BCUT2D eigenvalue weighted by Gasteiger charge is 2.07. The highest BCUT2D eigenvalue weighted by Crippen LogP contribution is 2.21. The highest BCUT2D eigenvalue weighted by atomic mass is 16.4. The summed E-state index contributed by atoms with van der Waals surface area (Å²) in [4.78, 5) is 10.7. The molecule has 2 aromatic rings. The SMILES string of the molecule is O=C(O)Cc1cc(CO)cc2ccccc12. The average molecular weight is 216 g/mol.